The first-order chi connectivity index (χ1) is 16.6. The zero-order chi connectivity index (χ0) is 23.3. The summed E-state index contributed by atoms with van der Waals surface area (Å²) in [7, 11) is 0. The molecule has 34 heavy (non-hydrogen) atoms. The number of benzene rings is 1. The van der Waals surface area contributed by atoms with Gasteiger partial charge in [0.15, 0.2) is 5.11 Å². The number of piperazine rings is 1. The highest BCUT2D eigenvalue weighted by Crippen LogP contribution is 2.27. The minimum absolute atomic E-state index is 0.469. The van der Waals surface area contributed by atoms with Gasteiger partial charge in [0.1, 0.15) is 11.6 Å². The van der Waals surface area contributed by atoms with Gasteiger partial charge in [-0.1, -0.05) is 38.0 Å². The first-order valence-corrected chi connectivity index (χ1v) is 13.3. The Bertz CT molecular complexity index is 955. The quantitative estimate of drug-likeness (QED) is 0.617. The van der Waals surface area contributed by atoms with Crippen molar-refractivity contribution < 1.29 is 0 Å². The van der Waals surface area contributed by atoms with Gasteiger partial charge in [0, 0.05) is 57.1 Å². The van der Waals surface area contributed by atoms with Crippen molar-refractivity contribution in [2.45, 2.75) is 51.5 Å². The van der Waals surface area contributed by atoms with E-state index in [0.717, 1.165) is 50.9 Å². The van der Waals surface area contributed by atoms with E-state index in [1.807, 2.05) is 0 Å². The second-order valence-corrected chi connectivity index (χ2v) is 10.4. The molecule has 7 nitrogen and oxygen atoms in total. The van der Waals surface area contributed by atoms with Crippen LogP contribution in [0.3, 0.4) is 0 Å². The van der Waals surface area contributed by atoms with Gasteiger partial charge in [-0.3, -0.25) is 0 Å². The van der Waals surface area contributed by atoms with Gasteiger partial charge in [-0.25, -0.2) is 0 Å². The number of para-hydroxylation sites is 1. The molecule has 2 aliphatic heterocycles. The first kappa shape index (κ1) is 23.1. The Labute approximate surface area is 208 Å². The Balaban J connectivity index is 1.32. The van der Waals surface area contributed by atoms with Crippen molar-refractivity contribution in [3.05, 3.63) is 36.4 Å². The molecule has 0 amide bonds. The lowest BCUT2D eigenvalue weighted by Gasteiger charge is -2.37. The molecule has 1 saturated carbocycles. The average Bonchev–Trinajstić information content (AvgIpc) is 3.37. The van der Waals surface area contributed by atoms with E-state index in [2.05, 4.69) is 68.7 Å². The highest BCUT2D eigenvalue weighted by atomic mass is 32.1. The molecule has 1 aromatic carbocycles. The predicted molar refractivity (Wildman–Crippen MR) is 145 cm³/mol. The van der Waals surface area contributed by atoms with Crippen LogP contribution in [0.5, 0.6) is 0 Å². The van der Waals surface area contributed by atoms with Crippen LogP contribution in [-0.4, -0.2) is 60.4 Å². The maximum atomic E-state index is 5.62. The van der Waals surface area contributed by atoms with Gasteiger partial charge in [0.25, 0.3) is 0 Å². The number of anilines is 4. The van der Waals surface area contributed by atoms with E-state index >= 15 is 0 Å². The van der Waals surface area contributed by atoms with Crippen LogP contribution < -0.4 is 25.3 Å². The standard InChI is InChI=1S/C26H37N7S/c1-20-8-7-13-33(19-20)24-18-23(28-25(29-24)30-26(34)27-21-9-5-6-10-21)32-16-14-31(15-17-32)22-11-3-2-4-12-22/h2-4,11-12,18,20-21H,5-10,13-17,19H2,1H3,(H2,27,28,29,30,34)/t20-/m0/s1. The fourth-order valence-corrected chi connectivity index (χ4v) is 5.68. The van der Waals surface area contributed by atoms with E-state index in [4.69, 9.17) is 22.2 Å². The van der Waals surface area contributed by atoms with Gasteiger partial charge in [0.05, 0.1) is 0 Å². The fraction of sp³-hybridized carbons (Fsp3) is 0.577. The summed E-state index contributed by atoms with van der Waals surface area (Å²) in [5.41, 5.74) is 1.29. The maximum absolute atomic E-state index is 5.62. The molecule has 5 rings (SSSR count). The van der Waals surface area contributed by atoms with Crippen LogP contribution in [0.1, 0.15) is 45.4 Å². The van der Waals surface area contributed by atoms with Crippen LogP contribution in [0.15, 0.2) is 36.4 Å². The third kappa shape index (κ3) is 5.71. The van der Waals surface area contributed by atoms with Crippen molar-refractivity contribution in [1.29, 1.82) is 0 Å². The molecule has 1 aliphatic carbocycles. The molecule has 0 unspecified atom stereocenters. The third-order valence-electron chi connectivity index (χ3n) is 7.32. The number of rotatable bonds is 5. The second-order valence-electron chi connectivity index (χ2n) is 9.99. The highest BCUT2D eigenvalue weighted by molar-refractivity contribution is 7.80. The monoisotopic (exact) mass is 479 g/mol. The van der Waals surface area contributed by atoms with Gasteiger partial charge >= 0.3 is 0 Å². The molecule has 3 aliphatic rings. The normalized spacial score (nSPS) is 21.6. The van der Waals surface area contributed by atoms with Gasteiger partial charge in [-0.15, -0.1) is 0 Å². The zero-order valence-corrected chi connectivity index (χ0v) is 21.1. The molecule has 0 radical (unpaired) electrons. The molecule has 1 aromatic heterocycles. The summed E-state index contributed by atoms with van der Waals surface area (Å²) in [5.74, 6) is 3.28. The Morgan fingerprint density at radius 2 is 1.53 bits per heavy atom. The SMILES string of the molecule is C[C@H]1CCCN(c2cc(N3CCN(c4ccccc4)CC3)nc(NC(=S)NC3CCCC3)n2)C1. The Morgan fingerprint density at radius 1 is 0.853 bits per heavy atom. The number of piperidine rings is 1. The average molecular weight is 480 g/mol. The Kier molecular flexibility index (Phi) is 7.33. The second kappa shape index (κ2) is 10.8. The minimum Gasteiger partial charge on any atom is -0.368 e. The van der Waals surface area contributed by atoms with Crippen molar-refractivity contribution in [3.8, 4) is 0 Å². The maximum Gasteiger partial charge on any atom is 0.232 e. The van der Waals surface area contributed by atoms with Crippen LogP contribution in [0.2, 0.25) is 0 Å². The predicted octanol–water partition coefficient (Wildman–Crippen LogP) is 4.27. The molecule has 3 fully saturated rings. The van der Waals surface area contributed by atoms with Crippen LogP contribution >= 0.6 is 12.2 Å². The Hall–Kier alpha value is -2.61. The topological polar surface area (TPSA) is 59.6 Å². The number of thiocarbonyl (C=S) groups is 1. The lowest BCUT2D eigenvalue weighted by Crippen LogP contribution is -2.47. The smallest absolute Gasteiger partial charge is 0.232 e. The number of aromatic nitrogens is 2. The number of hydrogen-bond acceptors (Lipinski definition) is 6. The molecule has 182 valence electrons. The number of hydrogen-bond donors (Lipinski definition) is 2. The molecule has 2 saturated heterocycles. The molecule has 0 bridgehead atoms. The minimum atomic E-state index is 0.469. The summed E-state index contributed by atoms with van der Waals surface area (Å²) in [6.45, 7) is 8.26. The van der Waals surface area contributed by atoms with E-state index in [9.17, 15) is 0 Å². The molecule has 2 N–H and O–H groups in total. The summed E-state index contributed by atoms with van der Waals surface area (Å²) in [4.78, 5) is 17.1. The Morgan fingerprint density at radius 3 is 2.24 bits per heavy atom. The van der Waals surface area contributed by atoms with Crippen LogP contribution in [-0.2, 0) is 0 Å². The lowest BCUT2D eigenvalue weighted by atomic mass is 10.0. The fourth-order valence-electron chi connectivity index (χ4n) is 5.43. The number of nitrogens with one attached hydrogen (secondary N) is 2. The largest absolute Gasteiger partial charge is 0.368 e. The summed E-state index contributed by atoms with van der Waals surface area (Å²) in [6, 6.07) is 13.3. The highest BCUT2D eigenvalue weighted by Gasteiger charge is 2.24. The summed E-state index contributed by atoms with van der Waals surface area (Å²) in [5, 5.41) is 7.41. The zero-order valence-electron chi connectivity index (χ0n) is 20.2. The van der Waals surface area contributed by atoms with Gasteiger partial charge in [-0.2, -0.15) is 9.97 Å². The molecular weight excluding hydrogens is 442 g/mol. The summed E-state index contributed by atoms with van der Waals surface area (Å²) >= 11 is 5.62. The van der Waals surface area contributed by atoms with E-state index < -0.39 is 0 Å². The lowest BCUT2D eigenvalue weighted by molar-refractivity contribution is 0.444. The van der Waals surface area contributed by atoms with E-state index in [0.29, 0.717) is 23.0 Å². The van der Waals surface area contributed by atoms with Crippen molar-refractivity contribution >= 4 is 40.6 Å². The van der Waals surface area contributed by atoms with Gasteiger partial charge in [-0.05, 0) is 56.0 Å². The molecule has 8 heteroatoms. The van der Waals surface area contributed by atoms with Crippen LogP contribution in [0, 0.1) is 5.92 Å². The molecular formula is C26H37N7S. The van der Waals surface area contributed by atoms with Crippen LogP contribution in [0.25, 0.3) is 0 Å². The van der Waals surface area contributed by atoms with Gasteiger partial charge in [0.2, 0.25) is 5.95 Å². The van der Waals surface area contributed by atoms with Crippen molar-refractivity contribution in [2.75, 3.05) is 59.3 Å². The molecule has 2 aromatic rings. The van der Waals surface area contributed by atoms with Gasteiger partial charge < -0.3 is 25.3 Å². The van der Waals surface area contributed by atoms with E-state index in [-0.39, 0.29) is 0 Å². The number of nitrogens with zero attached hydrogens (tertiary/aromatic N) is 5. The molecule has 3 heterocycles. The van der Waals surface area contributed by atoms with E-state index in [1.165, 1.54) is 44.2 Å². The summed E-state index contributed by atoms with van der Waals surface area (Å²) in [6.07, 6.45) is 7.42. The third-order valence-corrected chi connectivity index (χ3v) is 7.54. The molecule has 1 atom stereocenters. The van der Waals surface area contributed by atoms with E-state index in [1.54, 1.807) is 0 Å². The summed E-state index contributed by atoms with van der Waals surface area (Å²) < 4.78 is 0. The van der Waals surface area contributed by atoms with Crippen molar-refractivity contribution in [1.82, 2.24) is 15.3 Å². The molecule has 0 spiro atoms. The van der Waals surface area contributed by atoms with Crippen molar-refractivity contribution in [3.63, 3.8) is 0 Å². The first-order valence-electron chi connectivity index (χ1n) is 12.9. The van der Waals surface area contributed by atoms with Crippen LogP contribution in [0.4, 0.5) is 23.3 Å². The van der Waals surface area contributed by atoms with Crippen molar-refractivity contribution in [2.24, 2.45) is 5.92 Å².